The van der Waals surface area contributed by atoms with Gasteiger partial charge in [-0.1, -0.05) is 6.92 Å². The lowest BCUT2D eigenvalue weighted by Gasteiger charge is -2.35. The second-order valence-electron chi connectivity index (χ2n) is 5.21. The number of aromatic nitrogens is 1. The van der Waals surface area contributed by atoms with Crippen LogP contribution >= 0.6 is 0 Å². The van der Waals surface area contributed by atoms with Crippen molar-refractivity contribution >= 4 is 16.6 Å². The monoisotopic (exact) mass is 287 g/mol. The van der Waals surface area contributed by atoms with Gasteiger partial charge in [-0.3, -0.25) is 15.1 Å². The fourth-order valence-electron chi connectivity index (χ4n) is 2.68. The van der Waals surface area contributed by atoms with Gasteiger partial charge in [0.25, 0.3) is 5.69 Å². The molecule has 6 nitrogen and oxygen atoms in total. The van der Waals surface area contributed by atoms with Crippen molar-refractivity contribution in [2.45, 2.75) is 31.9 Å². The van der Waals surface area contributed by atoms with E-state index in [0.717, 1.165) is 19.4 Å². The molecule has 0 bridgehead atoms. The quantitative estimate of drug-likeness (QED) is 0.675. The van der Waals surface area contributed by atoms with Crippen molar-refractivity contribution in [3.63, 3.8) is 0 Å². The lowest BCUT2D eigenvalue weighted by molar-refractivity contribution is -0.383. The molecule has 1 fully saturated rings. The van der Waals surface area contributed by atoms with Crippen LogP contribution in [0.15, 0.2) is 30.5 Å². The fourth-order valence-corrected chi connectivity index (χ4v) is 2.68. The van der Waals surface area contributed by atoms with Crippen molar-refractivity contribution in [2.75, 3.05) is 6.54 Å². The summed E-state index contributed by atoms with van der Waals surface area (Å²) in [6.07, 6.45) is 3.69. The second-order valence-corrected chi connectivity index (χ2v) is 5.21. The van der Waals surface area contributed by atoms with Crippen LogP contribution < -0.4 is 10.1 Å². The van der Waals surface area contributed by atoms with Crippen LogP contribution in [0.2, 0.25) is 0 Å². The standard InChI is InChI=1S/C15H17N3O3/c1-2-16-10-8-11(9-10)21-14-6-5-13(18(19)20)12-4-3-7-17-15(12)14/h3-7,10-11,16H,2,8-9H2,1H3. The third-order valence-electron chi connectivity index (χ3n) is 3.79. The average molecular weight is 287 g/mol. The second kappa shape index (κ2) is 5.65. The van der Waals surface area contributed by atoms with E-state index in [-0.39, 0.29) is 11.8 Å². The van der Waals surface area contributed by atoms with E-state index >= 15 is 0 Å². The third kappa shape index (κ3) is 2.67. The summed E-state index contributed by atoms with van der Waals surface area (Å²) in [5.74, 6) is 0.621. The predicted molar refractivity (Wildman–Crippen MR) is 79.5 cm³/mol. The van der Waals surface area contributed by atoms with E-state index in [1.807, 2.05) is 0 Å². The number of nitrogens with zero attached hydrogens (tertiary/aromatic N) is 2. The molecule has 1 saturated carbocycles. The van der Waals surface area contributed by atoms with E-state index < -0.39 is 4.92 Å². The third-order valence-corrected chi connectivity index (χ3v) is 3.79. The zero-order valence-electron chi connectivity index (χ0n) is 11.8. The highest BCUT2D eigenvalue weighted by Crippen LogP contribution is 2.34. The fraction of sp³-hybridized carbons (Fsp3) is 0.400. The first-order chi connectivity index (χ1) is 10.2. The van der Waals surface area contributed by atoms with Crippen molar-refractivity contribution in [3.8, 4) is 5.75 Å². The van der Waals surface area contributed by atoms with Gasteiger partial charge in [-0.25, -0.2) is 0 Å². The lowest BCUT2D eigenvalue weighted by atomic mass is 9.89. The minimum atomic E-state index is -0.391. The highest BCUT2D eigenvalue weighted by molar-refractivity contribution is 5.92. The number of rotatable bonds is 5. The van der Waals surface area contributed by atoms with Crippen LogP contribution in [0.4, 0.5) is 5.69 Å². The van der Waals surface area contributed by atoms with E-state index in [9.17, 15) is 10.1 Å². The van der Waals surface area contributed by atoms with Gasteiger partial charge in [0.2, 0.25) is 0 Å². The van der Waals surface area contributed by atoms with E-state index in [1.165, 1.54) is 6.07 Å². The van der Waals surface area contributed by atoms with Gasteiger partial charge < -0.3 is 10.1 Å². The number of ether oxygens (including phenoxy) is 1. The van der Waals surface area contributed by atoms with Gasteiger partial charge in [0.05, 0.1) is 10.3 Å². The summed E-state index contributed by atoms with van der Waals surface area (Å²) in [6, 6.07) is 7.05. The minimum absolute atomic E-state index is 0.0598. The molecule has 0 atom stereocenters. The number of benzene rings is 1. The zero-order chi connectivity index (χ0) is 14.8. The number of hydrogen-bond acceptors (Lipinski definition) is 5. The number of pyridine rings is 1. The maximum Gasteiger partial charge on any atom is 0.279 e. The Kier molecular flexibility index (Phi) is 3.70. The molecular formula is C15H17N3O3. The Hall–Kier alpha value is -2.21. The highest BCUT2D eigenvalue weighted by atomic mass is 16.6. The van der Waals surface area contributed by atoms with Crippen LogP contribution in [-0.4, -0.2) is 28.6 Å². The average Bonchev–Trinajstić information content (AvgIpc) is 2.45. The van der Waals surface area contributed by atoms with Gasteiger partial charge >= 0.3 is 0 Å². The van der Waals surface area contributed by atoms with Gasteiger partial charge in [-0.15, -0.1) is 0 Å². The molecule has 0 radical (unpaired) electrons. The maximum atomic E-state index is 11.1. The number of nitro benzene ring substituents is 1. The molecule has 1 aromatic carbocycles. The molecule has 1 N–H and O–H groups in total. The summed E-state index contributed by atoms with van der Waals surface area (Å²) in [5, 5.41) is 14.9. The van der Waals surface area contributed by atoms with Crippen LogP contribution in [-0.2, 0) is 0 Å². The summed E-state index contributed by atoms with van der Waals surface area (Å²) >= 11 is 0. The van der Waals surface area contributed by atoms with E-state index in [0.29, 0.717) is 22.7 Å². The van der Waals surface area contributed by atoms with Crippen molar-refractivity contribution in [2.24, 2.45) is 0 Å². The summed E-state index contributed by atoms with van der Waals surface area (Å²) in [4.78, 5) is 14.9. The summed E-state index contributed by atoms with van der Waals surface area (Å²) in [6.45, 7) is 3.04. The molecule has 1 heterocycles. The first kappa shape index (κ1) is 13.8. The van der Waals surface area contributed by atoms with Gasteiger partial charge in [-0.2, -0.15) is 0 Å². The normalized spacial score (nSPS) is 21.0. The molecule has 0 saturated heterocycles. The van der Waals surface area contributed by atoms with E-state index in [1.54, 1.807) is 24.4 Å². The van der Waals surface area contributed by atoms with Gasteiger partial charge in [0.15, 0.2) is 0 Å². The highest BCUT2D eigenvalue weighted by Gasteiger charge is 2.30. The molecule has 0 unspecified atom stereocenters. The Bertz CT molecular complexity index is 668. The number of non-ortho nitro benzene ring substituents is 1. The molecule has 21 heavy (non-hydrogen) atoms. The van der Waals surface area contributed by atoms with Crippen LogP contribution in [0.3, 0.4) is 0 Å². The molecule has 1 aromatic heterocycles. The molecule has 6 heteroatoms. The molecule has 1 aliphatic rings. The van der Waals surface area contributed by atoms with Gasteiger partial charge in [-0.05, 0) is 37.6 Å². The minimum Gasteiger partial charge on any atom is -0.488 e. The molecule has 1 aliphatic carbocycles. The Morgan fingerprint density at radius 3 is 2.95 bits per heavy atom. The SMILES string of the molecule is CCNC1CC(Oc2ccc([N+](=O)[O-])c3cccnc23)C1. The molecule has 110 valence electrons. The van der Waals surface area contributed by atoms with Crippen molar-refractivity contribution in [3.05, 3.63) is 40.6 Å². The summed E-state index contributed by atoms with van der Waals surface area (Å²) in [7, 11) is 0. The Labute approximate surface area is 122 Å². The number of nitro groups is 1. The van der Waals surface area contributed by atoms with Crippen molar-refractivity contribution < 1.29 is 9.66 Å². The largest absolute Gasteiger partial charge is 0.488 e. The van der Waals surface area contributed by atoms with E-state index in [4.69, 9.17) is 4.74 Å². The molecular weight excluding hydrogens is 270 g/mol. The Morgan fingerprint density at radius 1 is 1.43 bits per heavy atom. The smallest absolute Gasteiger partial charge is 0.279 e. The van der Waals surface area contributed by atoms with Crippen LogP contribution in [0.1, 0.15) is 19.8 Å². The topological polar surface area (TPSA) is 77.3 Å². The van der Waals surface area contributed by atoms with Crippen LogP contribution in [0.25, 0.3) is 10.9 Å². The first-order valence-corrected chi connectivity index (χ1v) is 7.11. The summed E-state index contributed by atoms with van der Waals surface area (Å²) < 4.78 is 5.95. The van der Waals surface area contributed by atoms with Crippen molar-refractivity contribution in [1.29, 1.82) is 0 Å². The number of nitrogens with one attached hydrogen (secondary N) is 1. The van der Waals surface area contributed by atoms with Gasteiger partial charge in [0, 0.05) is 18.3 Å². The number of hydrogen-bond donors (Lipinski definition) is 1. The molecule has 2 aromatic rings. The predicted octanol–water partition coefficient (Wildman–Crippen LogP) is 2.66. The van der Waals surface area contributed by atoms with Crippen LogP contribution in [0.5, 0.6) is 5.75 Å². The van der Waals surface area contributed by atoms with Crippen molar-refractivity contribution in [1.82, 2.24) is 10.3 Å². The molecule has 0 spiro atoms. The molecule has 0 amide bonds. The zero-order valence-corrected chi connectivity index (χ0v) is 11.8. The Balaban J connectivity index is 1.84. The molecule has 0 aliphatic heterocycles. The maximum absolute atomic E-state index is 11.1. The van der Waals surface area contributed by atoms with Crippen LogP contribution in [0, 0.1) is 10.1 Å². The number of fused-ring (bicyclic) bond motifs is 1. The summed E-state index contributed by atoms with van der Waals surface area (Å²) in [5.41, 5.74) is 0.614. The molecule has 3 rings (SSSR count). The lowest BCUT2D eigenvalue weighted by Crippen LogP contribution is -2.46. The van der Waals surface area contributed by atoms with Gasteiger partial charge in [0.1, 0.15) is 17.4 Å². The first-order valence-electron chi connectivity index (χ1n) is 7.11. The Morgan fingerprint density at radius 2 is 2.24 bits per heavy atom. The van der Waals surface area contributed by atoms with E-state index in [2.05, 4.69) is 17.2 Å².